The first-order chi connectivity index (χ1) is 12.5. The maximum absolute atomic E-state index is 12.6. The number of ether oxygens (including phenoxy) is 2. The van der Waals surface area contributed by atoms with Gasteiger partial charge in [-0.25, -0.2) is 13.6 Å². The predicted molar refractivity (Wildman–Crippen MR) is 101 cm³/mol. The number of hydrogen-bond acceptors (Lipinski definition) is 5. The van der Waals surface area contributed by atoms with Crippen LogP contribution in [-0.4, -0.2) is 42.2 Å². The Labute approximate surface area is 158 Å². The molecule has 1 heterocycles. The van der Waals surface area contributed by atoms with Crippen molar-refractivity contribution in [3.05, 3.63) is 17.7 Å². The highest BCUT2D eigenvalue weighted by molar-refractivity contribution is 5.73. The number of alkyl halides is 2. The van der Waals surface area contributed by atoms with Crippen LogP contribution in [0.25, 0.3) is 0 Å². The van der Waals surface area contributed by atoms with E-state index in [2.05, 4.69) is 0 Å². The summed E-state index contributed by atoms with van der Waals surface area (Å²) >= 11 is 0. The summed E-state index contributed by atoms with van der Waals surface area (Å²) in [6.45, 7) is 7.17. The number of benzene rings is 1. The monoisotopic (exact) mass is 385 g/mol. The smallest absolute Gasteiger partial charge is 0.410 e. The lowest BCUT2D eigenvalue weighted by molar-refractivity contribution is 0.0102. The van der Waals surface area contributed by atoms with Crippen LogP contribution in [0.4, 0.5) is 25.0 Å². The molecule has 1 aromatic carbocycles. The lowest BCUT2D eigenvalue weighted by Crippen LogP contribution is -2.46. The van der Waals surface area contributed by atoms with Crippen LogP contribution in [0.15, 0.2) is 12.1 Å². The summed E-state index contributed by atoms with van der Waals surface area (Å²) in [4.78, 5) is 14.1. The first-order valence-corrected chi connectivity index (χ1v) is 9.08. The molecule has 2 rings (SSSR count). The molecule has 0 radical (unpaired) electrons. The number of halogens is 2. The van der Waals surface area contributed by atoms with Crippen molar-refractivity contribution in [1.82, 2.24) is 4.90 Å². The maximum atomic E-state index is 12.6. The molecular weight excluding hydrogens is 356 g/mol. The fourth-order valence-electron chi connectivity index (χ4n) is 3.31. The maximum Gasteiger partial charge on any atom is 0.410 e. The molecule has 0 aliphatic carbocycles. The topological polar surface area (TPSA) is 90.8 Å². The van der Waals surface area contributed by atoms with Crippen molar-refractivity contribution in [3.8, 4) is 5.75 Å². The average Bonchev–Trinajstić information content (AvgIpc) is 2.54. The van der Waals surface area contributed by atoms with E-state index < -0.39 is 18.6 Å². The second-order valence-electron chi connectivity index (χ2n) is 7.93. The van der Waals surface area contributed by atoms with Gasteiger partial charge in [0, 0.05) is 12.6 Å². The highest BCUT2D eigenvalue weighted by Gasteiger charge is 2.34. The molecule has 0 saturated carbocycles. The number of piperidine rings is 1. The summed E-state index contributed by atoms with van der Waals surface area (Å²) in [5, 5.41) is 0. The average molecular weight is 385 g/mol. The Bertz CT molecular complexity index is 677. The Morgan fingerprint density at radius 2 is 2.00 bits per heavy atom. The van der Waals surface area contributed by atoms with E-state index in [1.165, 1.54) is 0 Å². The van der Waals surface area contributed by atoms with Gasteiger partial charge in [0.1, 0.15) is 18.0 Å². The molecule has 1 aliphatic heterocycles. The van der Waals surface area contributed by atoms with Gasteiger partial charge in [-0.05, 0) is 58.1 Å². The molecule has 4 N–H and O–H groups in total. The zero-order chi connectivity index (χ0) is 20.4. The second kappa shape index (κ2) is 8.19. The highest BCUT2D eigenvalue weighted by atomic mass is 19.3. The number of amides is 1. The van der Waals surface area contributed by atoms with Crippen molar-refractivity contribution in [2.24, 2.45) is 0 Å². The van der Waals surface area contributed by atoms with E-state index in [9.17, 15) is 13.6 Å². The lowest BCUT2D eigenvalue weighted by Gasteiger charge is -2.39. The lowest BCUT2D eigenvalue weighted by atomic mass is 9.85. The van der Waals surface area contributed by atoms with Gasteiger partial charge in [-0.2, -0.15) is 0 Å². The molecule has 0 aromatic heterocycles. The highest BCUT2D eigenvalue weighted by Crippen LogP contribution is 2.41. The normalized spacial score (nSPS) is 20.6. The number of hydrogen-bond donors (Lipinski definition) is 2. The minimum absolute atomic E-state index is 0.0225. The molecule has 0 spiro atoms. The Morgan fingerprint density at radius 3 is 2.56 bits per heavy atom. The molecule has 1 amide bonds. The number of anilines is 2. The van der Waals surface area contributed by atoms with Gasteiger partial charge < -0.3 is 25.8 Å². The SMILES string of the molecule is CC1CC(c2ccc(N)c(N)c2OCC(F)F)CCN1C(=O)OC(C)(C)C. The minimum atomic E-state index is -2.60. The Morgan fingerprint density at radius 1 is 1.33 bits per heavy atom. The number of likely N-dealkylation sites (tertiary alicyclic amines) is 1. The zero-order valence-electron chi connectivity index (χ0n) is 16.3. The van der Waals surface area contributed by atoms with E-state index in [1.807, 2.05) is 27.7 Å². The Hall–Kier alpha value is -2.25. The van der Waals surface area contributed by atoms with Gasteiger partial charge in [0.25, 0.3) is 6.43 Å². The van der Waals surface area contributed by atoms with Crippen molar-refractivity contribution >= 4 is 17.5 Å². The van der Waals surface area contributed by atoms with E-state index in [1.54, 1.807) is 17.0 Å². The van der Waals surface area contributed by atoms with Crippen LogP contribution in [0.2, 0.25) is 0 Å². The van der Waals surface area contributed by atoms with Crippen molar-refractivity contribution in [2.45, 2.75) is 64.5 Å². The predicted octanol–water partition coefficient (Wildman–Crippen LogP) is 4.00. The molecule has 1 aliphatic rings. The second-order valence-corrected chi connectivity index (χ2v) is 7.93. The van der Waals surface area contributed by atoms with E-state index in [4.69, 9.17) is 20.9 Å². The largest absolute Gasteiger partial charge is 0.485 e. The van der Waals surface area contributed by atoms with Gasteiger partial charge in [-0.1, -0.05) is 6.07 Å². The third-order valence-electron chi connectivity index (χ3n) is 4.56. The number of nitrogens with two attached hydrogens (primary N) is 2. The van der Waals surface area contributed by atoms with Crippen molar-refractivity contribution in [2.75, 3.05) is 24.6 Å². The van der Waals surface area contributed by atoms with Crippen LogP contribution in [0, 0.1) is 0 Å². The molecule has 152 valence electrons. The molecule has 27 heavy (non-hydrogen) atoms. The molecule has 2 unspecified atom stereocenters. The molecule has 1 fully saturated rings. The standard InChI is InChI=1S/C19H29F2N3O3/c1-11-9-12(7-8-24(11)18(25)27-19(2,3)4)13-5-6-14(22)16(23)17(13)26-10-15(20)21/h5-6,11-12,15H,7-10,22-23H2,1-4H3. The summed E-state index contributed by atoms with van der Waals surface area (Å²) in [7, 11) is 0. The molecule has 6 nitrogen and oxygen atoms in total. The van der Waals surface area contributed by atoms with Gasteiger partial charge in [-0.3, -0.25) is 0 Å². The van der Waals surface area contributed by atoms with Crippen molar-refractivity contribution in [1.29, 1.82) is 0 Å². The molecule has 1 saturated heterocycles. The van der Waals surface area contributed by atoms with Crippen LogP contribution < -0.4 is 16.2 Å². The fraction of sp³-hybridized carbons (Fsp3) is 0.632. The van der Waals surface area contributed by atoms with Crippen molar-refractivity contribution < 1.29 is 23.0 Å². The number of carbonyl (C=O) groups is 1. The van der Waals surface area contributed by atoms with E-state index in [-0.39, 0.29) is 29.5 Å². The van der Waals surface area contributed by atoms with Crippen molar-refractivity contribution in [3.63, 3.8) is 0 Å². The van der Waals surface area contributed by atoms with Gasteiger partial charge in [0.05, 0.1) is 11.4 Å². The van der Waals surface area contributed by atoms with Gasteiger partial charge in [-0.15, -0.1) is 0 Å². The van der Waals surface area contributed by atoms with Crippen LogP contribution in [-0.2, 0) is 4.74 Å². The summed E-state index contributed by atoms with van der Waals surface area (Å²) < 4.78 is 36.0. The number of carbonyl (C=O) groups excluding carboxylic acids is 1. The summed E-state index contributed by atoms with van der Waals surface area (Å²) in [6, 6.07) is 3.36. The van der Waals surface area contributed by atoms with Gasteiger partial charge in [0.2, 0.25) is 0 Å². The molecular formula is C19H29F2N3O3. The zero-order valence-corrected chi connectivity index (χ0v) is 16.3. The van der Waals surface area contributed by atoms with Gasteiger partial charge in [0.15, 0.2) is 0 Å². The molecule has 0 bridgehead atoms. The van der Waals surface area contributed by atoms with Crippen LogP contribution in [0.5, 0.6) is 5.75 Å². The Balaban J connectivity index is 2.17. The van der Waals surface area contributed by atoms with Crippen LogP contribution >= 0.6 is 0 Å². The van der Waals surface area contributed by atoms with E-state index >= 15 is 0 Å². The summed E-state index contributed by atoms with van der Waals surface area (Å²) in [5.41, 5.74) is 12.4. The number of nitrogen functional groups attached to an aromatic ring is 2. The summed E-state index contributed by atoms with van der Waals surface area (Å²) in [6.07, 6.45) is -1.66. The molecule has 2 atom stereocenters. The third kappa shape index (κ3) is 5.37. The third-order valence-corrected chi connectivity index (χ3v) is 4.56. The molecule has 8 heteroatoms. The summed E-state index contributed by atoms with van der Waals surface area (Å²) in [5.74, 6) is 0.243. The minimum Gasteiger partial charge on any atom is -0.485 e. The van der Waals surface area contributed by atoms with E-state index in [0.29, 0.717) is 25.1 Å². The molecule has 1 aromatic rings. The number of nitrogens with zero attached hydrogens (tertiary/aromatic N) is 1. The Kier molecular flexibility index (Phi) is 6.38. The first-order valence-electron chi connectivity index (χ1n) is 9.08. The first kappa shape index (κ1) is 21.1. The van der Waals surface area contributed by atoms with E-state index in [0.717, 1.165) is 5.56 Å². The van der Waals surface area contributed by atoms with Crippen LogP contribution in [0.1, 0.15) is 52.0 Å². The van der Waals surface area contributed by atoms with Crippen LogP contribution in [0.3, 0.4) is 0 Å². The number of rotatable bonds is 4. The fourth-order valence-corrected chi connectivity index (χ4v) is 3.31. The van der Waals surface area contributed by atoms with Gasteiger partial charge >= 0.3 is 6.09 Å². The quantitative estimate of drug-likeness (QED) is 0.765.